The van der Waals surface area contributed by atoms with Crippen molar-refractivity contribution < 1.29 is 24.2 Å². The van der Waals surface area contributed by atoms with E-state index in [1.165, 1.54) is 19.1 Å². The second-order valence-electron chi connectivity index (χ2n) is 5.72. The average Bonchev–Trinajstić information content (AvgIpc) is 2.96. The van der Waals surface area contributed by atoms with Gasteiger partial charge >= 0.3 is 12.0 Å². The molecule has 8 heteroatoms. The molecular weight excluding hydrogens is 302 g/mol. The van der Waals surface area contributed by atoms with Gasteiger partial charge in [0.15, 0.2) is 0 Å². The van der Waals surface area contributed by atoms with Crippen LogP contribution in [-0.2, 0) is 11.3 Å². The van der Waals surface area contributed by atoms with Gasteiger partial charge in [-0.2, -0.15) is 4.98 Å². The number of carboxylic acid groups (broad SMARTS) is 1. The molecule has 1 aliphatic rings. The maximum atomic E-state index is 12.2. The minimum atomic E-state index is -0.881. The first kappa shape index (κ1) is 16.9. The molecule has 2 amide bonds. The number of amides is 2. The number of aliphatic carboxylic acids is 1. The number of ether oxygens (including phenoxy) is 2. The van der Waals surface area contributed by atoms with Gasteiger partial charge in [-0.3, -0.25) is 4.79 Å². The zero-order valence-corrected chi connectivity index (χ0v) is 13.5. The lowest BCUT2D eigenvalue weighted by molar-refractivity contribution is -0.147. The highest BCUT2D eigenvalue weighted by molar-refractivity contribution is 5.79. The lowest BCUT2D eigenvalue weighted by atomic mass is 9.90. The largest absolute Gasteiger partial charge is 0.481 e. The zero-order chi connectivity index (χ0) is 17.0. The third-order valence-corrected chi connectivity index (χ3v) is 4.02. The molecule has 126 valence electrons. The van der Waals surface area contributed by atoms with Crippen LogP contribution in [0.5, 0.6) is 11.8 Å². The van der Waals surface area contributed by atoms with Crippen LogP contribution in [0.1, 0.15) is 18.9 Å². The van der Waals surface area contributed by atoms with Crippen molar-refractivity contribution in [3.63, 3.8) is 0 Å². The van der Waals surface area contributed by atoms with Crippen LogP contribution in [0.2, 0.25) is 0 Å². The highest BCUT2D eigenvalue weighted by Crippen LogP contribution is 2.30. The summed E-state index contributed by atoms with van der Waals surface area (Å²) in [7, 11) is 3.00. The Labute approximate surface area is 134 Å². The number of nitrogens with zero attached hydrogens (tertiary/aromatic N) is 2. The Morgan fingerprint density at radius 2 is 2.13 bits per heavy atom. The Morgan fingerprint density at radius 3 is 2.70 bits per heavy atom. The molecule has 8 nitrogen and oxygen atoms in total. The Kier molecular flexibility index (Phi) is 4.92. The molecule has 2 N–H and O–H groups in total. The number of hydrogen-bond donors (Lipinski definition) is 2. The molecule has 1 unspecified atom stereocenters. The Bertz CT molecular complexity index is 607. The molecule has 0 aliphatic carbocycles. The quantitative estimate of drug-likeness (QED) is 0.841. The number of carbonyl (C=O) groups is 2. The van der Waals surface area contributed by atoms with E-state index in [1.807, 2.05) is 0 Å². The first-order chi connectivity index (χ1) is 10.9. The van der Waals surface area contributed by atoms with Gasteiger partial charge in [0.1, 0.15) is 0 Å². The van der Waals surface area contributed by atoms with E-state index in [0.29, 0.717) is 30.3 Å². The Balaban J connectivity index is 1.96. The van der Waals surface area contributed by atoms with Gasteiger partial charge in [0.25, 0.3) is 0 Å². The second kappa shape index (κ2) is 6.72. The molecule has 1 fully saturated rings. The smallest absolute Gasteiger partial charge is 0.317 e. The number of hydrogen-bond acceptors (Lipinski definition) is 5. The average molecular weight is 323 g/mol. The standard InChI is InChI=1S/C15H21N3O5/c1-15(13(19)20)6-7-18(9-15)14(21)16-8-10-4-5-11(22-2)17-12(10)23-3/h4-5H,6-9H2,1-3H3,(H,16,21)(H,19,20). The summed E-state index contributed by atoms with van der Waals surface area (Å²) >= 11 is 0. The molecule has 1 aliphatic heterocycles. The molecule has 1 aromatic rings. The van der Waals surface area contributed by atoms with Crippen molar-refractivity contribution in [1.82, 2.24) is 15.2 Å². The van der Waals surface area contributed by atoms with E-state index in [-0.39, 0.29) is 19.1 Å². The zero-order valence-electron chi connectivity index (χ0n) is 13.5. The van der Waals surface area contributed by atoms with Gasteiger partial charge in [-0.1, -0.05) is 0 Å². The van der Waals surface area contributed by atoms with Gasteiger partial charge in [0, 0.05) is 31.3 Å². The van der Waals surface area contributed by atoms with Crippen molar-refractivity contribution >= 4 is 12.0 Å². The Morgan fingerprint density at radius 1 is 1.39 bits per heavy atom. The van der Waals surface area contributed by atoms with Crippen molar-refractivity contribution in [2.75, 3.05) is 27.3 Å². The number of urea groups is 1. The fourth-order valence-electron chi connectivity index (χ4n) is 2.47. The van der Waals surface area contributed by atoms with Crippen LogP contribution in [0.4, 0.5) is 4.79 Å². The molecular formula is C15H21N3O5. The molecule has 2 heterocycles. The number of carbonyl (C=O) groups excluding carboxylic acids is 1. The van der Waals surface area contributed by atoms with Gasteiger partial charge in [-0.15, -0.1) is 0 Å². The van der Waals surface area contributed by atoms with Crippen LogP contribution < -0.4 is 14.8 Å². The van der Waals surface area contributed by atoms with E-state index < -0.39 is 11.4 Å². The molecule has 1 atom stereocenters. The normalized spacial score (nSPS) is 20.2. The van der Waals surface area contributed by atoms with E-state index in [9.17, 15) is 14.7 Å². The number of rotatable bonds is 5. The highest BCUT2D eigenvalue weighted by atomic mass is 16.5. The van der Waals surface area contributed by atoms with Crippen molar-refractivity contribution in [2.24, 2.45) is 5.41 Å². The summed E-state index contributed by atoms with van der Waals surface area (Å²) in [5.41, 5.74) is -0.168. The first-order valence-electron chi connectivity index (χ1n) is 7.23. The van der Waals surface area contributed by atoms with Crippen LogP contribution in [-0.4, -0.2) is 54.3 Å². The maximum absolute atomic E-state index is 12.2. The van der Waals surface area contributed by atoms with Gasteiger partial charge in [0.2, 0.25) is 11.8 Å². The summed E-state index contributed by atoms with van der Waals surface area (Å²) < 4.78 is 10.2. The maximum Gasteiger partial charge on any atom is 0.317 e. The van der Waals surface area contributed by atoms with Crippen molar-refractivity contribution in [1.29, 1.82) is 0 Å². The lowest BCUT2D eigenvalue weighted by Crippen LogP contribution is -2.40. The minimum absolute atomic E-state index is 0.201. The molecule has 2 rings (SSSR count). The molecule has 0 aromatic carbocycles. The van der Waals surface area contributed by atoms with E-state index in [4.69, 9.17) is 9.47 Å². The molecule has 0 bridgehead atoms. The number of nitrogens with one attached hydrogen (secondary N) is 1. The van der Waals surface area contributed by atoms with Gasteiger partial charge in [-0.25, -0.2) is 4.79 Å². The molecule has 0 saturated carbocycles. The lowest BCUT2D eigenvalue weighted by Gasteiger charge is -2.20. The number of pyridine rings is 1. The van der Waals surface area contributed by atoms with Crippen LogP contribution in [0.15, 0.2) is 12.1 Å². The van der Waals surface area contributed by atoms with Crippen LogP contribution in [0, 0.1) is 5.41 Å². The first-order valence-corrected chi connectivity index (χ1v) is 7.23. The third-order valence-electron chi connectivity index (χ3n) is 4.02. The molecule has 23 heavy (non-hydrogen) atoms. The summed E-state index contributed by atoms with van der Waals surface area (Å²) in [5.74, 6) is -0.0797. The predicted octanol–water partition coefficient (Wildman–Crippen LogP) is 1.10. The number of carboxylic acids is 1. The Hall–Kier alpha value is -2.51. The van der Waals surface area contributed by atoms with E-state index >= 15 is 0 Å². The summed E-state index contributed by atoms with van der Waals surface area (Å²) in [6.45, 7) is 2.51. The van der Waals surface area contributed by atoms with Crippen molar-refractivity contribution in [2.45, 2.75) is 19.9 Å². The second-order valence-corrected chi connectivity index (χ2v) is 5.72. The highest BCUT2D eigenvalue weighted by Gasteiger charge is 2.42. The third kappa shape index (κ3) is 3.64. The summed E-state index contributed by atoms with van der Waals surface area (Å²) in [6.07, 6.45) is 0.448. The van der Waals surface area contributed by atoms with E-state index in [1.54, 1.807) is 19.1 Å². The molecule has 0 spiro atoms. The number of likely N-dealkylation sites (tertiary alicyclic amines) is 1. The SMILES string of the molecule is COc1ccc(CNC(=O)N2CCC(C)(C(=O)O)C2)c(OC)n1. The van der Waals surface area contributed by atoms with Crippen LogP contribution in [0.25, 0.3) is 0 Å². The fourth-order valence-corrected chi connectivity index (χ4v) is 2.47. The number of aromatic nitrogens is 1. The summed E-state index contributed by atoms with van der Waals surface area (Å²) in [6, 6.07) is 3.14. The topological polar surface area (TPSA) is 101 Å². The molecule has 0 radical (unpaired) electrons. The summed E-state index contributed by atoms with van der Waals surface area (Å²) in [4.78, 5) is 29.1. The van der Waals surface area contributed by atoms with Crippen molar-refractivity contribution in [3.05, 3.63) is 17.7 Å². The van der Waals surface area contributed by atoms with Crippen LogP contribution >= 0.6 is 0 Å². The predicted molar refractivity (Wildman–Crippen MR) is 81.5 cm³/mol. The minimum Gasteiger partial charge on any atom is -0.481 e. The van der Waals surface area contributed by atoms with Gasteiger partial charge < -0.3 is 24.8 Å². The number of methoxy groups -OCH3 is 2. The monoisotopic (exact) mass is 323 g/mol. The van der Waals surface area contributed by atoms with Gasteiger partial charge in [-0.05, 0) is 19.4 Å². The fraction of sp³-hybridized carbons (Fsp3) is 0.533. The molecule has 1 saturated heterocycles. The van der Waals surface area contributed by atoms with Gasteiger partial charge in [0.05, 0.1) is 19.6 Å². The summed E-state index contributed by atoms with van der Waals surface area (Å²) in [5, 5.41) is 12.0. The van der Waals surface area contributed by atoms with Crippen LogP contribution in [0.3, 0.4) is 0 Å². The molecule has 1 aromatic heterocycles. The van der Waals surface area contributed by atoms with E-state index in [0.717, 1.165) is 0 Å². The van der Waals surface area contributed by atoms with Crippen molar-refractivity contribution in [3.8, 4) is 11.8 Å². The van der Waals surface area contributed by atoms with E-state index in [2.05, 4.69) is 10.3 Å².